The lowest BCUT2D eigenvalue weighted by Gasteiger charge is -2.12. The Morgan fingerprint density at radius 3 is 2.53 bits per heavy atom. The van der Waals surface area contributed by atoms with Gasteiger partial charge >= 0.3 is 0 Å². The minimum absolute atomic E-state index is 0.914. The summed E-state index contributed by atoms with van der Waals surface area (Å²) in [4.78, 5) is 10.5. The minimum atomic E-state index is 0.914. The largest absolute Gasteiger partial charge is 0.363 e. The van der Waals surface area contributed by atoms with Crippen LogP contribution in [0.2, 0.25) is 0 Å². The Hall–Kier alpha value is -1.42. The number of nitrogens with zero attached hydrogens (tertiary/aromatic N) is 3. The first-order chi connectivity index (χ1) is 8.08. The van der Waals surface area contributed by atoms with Crippen LogP contribution in [0.4, 0.5) is 5.82 Å². The lowest BCUT2D eigenvalue weighted by molar-refractivity contribution is 1.04. The van der Waals surface area contributed by atoms with Gasteiger partial charge in [0.1, 0.15) is 12.1 Å². The number of aryl methyl sites for hydroxylation is 1. The molecule has 0 aliphatic carbocycles. The number of aromatic nitrogens is 2. The number of halogens is 1. The fraction of sp³-hybridized carbons (Fsp3) is 0.231. The topological polar surface area (TPSA) is 29.0 Å². The summed E-state index contributed by atoms with van der Waals surface area (Å²) in [5, 5.41) is 0. The monoisotopic (exact) mass is 291 g/mol. The molecule has 2 aromatic rings. The molecular weight excluding hydrogens is 278 g/mol. The summed E-state index contributed by atoms with van der Waals surface area (Å²) in [5.74, 6) is 0.914. The van der Waals surface area contributed by atoms with Gasteiger partial charge in [-0.15, -0.1) is 0 Å². The van der Waals surface area contributed by atoms with Crippen molar-refractivity contribution < 1.29 is 0 Å². The Balaban J connectivity index is 2.49. The van der Waals surface area contributed by atoms with E-state index in [0.29, 0.717) is 0 Å². The maximum absolute atomic E-state index is 4.33. The van der Waals surface area contributed by atoms with Gasteiger partial charge in [-0.2, -0.15) is 0 Å². The molecule has 4 heteroatoms. The van der Waals surface area contributed by atoms with Crippen molar-refractivity contribution in [2.24, 2.45) is 0 Å². The van der Waals surface area contributed by atoms with E-state index in [2.05, 4.69) is 45.0 Å². The molecule has 0 N–H and O–H groups in total. The highest BCUT2D eigenvalue weighted by molar-refractivity contribution is 9.10. The van der Waals surface area contributed by atoms with Crippen molar-refractivity contribution in [3.63, 3.8) is 0 Å². The zero-order valence-corrected chi connectivity index (χ0v) is 11.7. The molecule has 0 aliphatic heterocycles. The molecule has 2 rings (SSSR count). The van der Waals surface area contributed by atoms with Crippen LogP contribution in [0.25, 0.3) is 11.3 Å². The summed E-state index contributed by atoms with van der Waals surface area (Å²) in [6.45, 7) is 2.08. The van der Waals surface area contributed by atoms with Gasteiger partial charge < -0.3 is 4.90 Å². The van der Waals surface area contributed by atoms with Crippen molar-refractivity contribution in [2.45, 2.75) is 6.92 Å². The molecule has 17 heavy (non-hydrogen) atoms. The van der Waals surface area contributed by atoms with Crippen LogP contribution in [0.15, 0.2) is 35.1 Å². The highest BCUT2D eigenvalue weighted by Gasteiger charge is 2.06. The molecule has 0 bridgehead atoms. The predicted octanol–water partition coefficient (Wildman–Crippen LogP) is 3.28. The first-order valence-corrected chi connectivity index (χ1v) is 6.13. The van der Waals surface area contributed by atoms with Gasteiger partial charge in [-0.05, 0) is 24.6 Å². The van der Waals surface area contributed by atoms with E-state index in [0.717, 1.165) is 21.5 Å². The molecule has 0 saturated carbocycles. The quantitative estimate of drug-likeness (QED) is 0.850. The lowest BCUT2D eigenvalue weighted by atomic mass is 10.1. The summed E-state index contributed by atoms with van der Waals surface area (Å²) in [6.07, 6.45) is 1.60. The summed E-state index contributed by atoms with van der Waals surface area (Å²) in [5.41, 5.74) is 3.29. The van der Waals surface area contributed by atoms with Crippen LogP contribution in [0.1, 0.15) is 5.56 Å². The Morgan fingerprint density at radius 2 is 1.88 bits per heavy atom. The Bertz CT molecular complexity index is 538. The van der Waals surface area contributed by atoms with E-state index in [4.69, 9.17) is 0 Å². The third-order valence-electron chi connectivity index (χ3n) is 2.58. The normalized spacial score (nSPS) is 10.4. The third-order valence-corrected chi connectivity index (χ3v) is 3.07. The minimum Gasteiger partial charge on any atom is -0.363 e. The van der Waals surface area contributed by atoms with Crippen LogP contribution in [0.5, 0.6) is 0 Å². The molecule has 88 valence electrons. The first kappa shape index (κ1) is 12.0. The van der Waals surface area contributed by atoms with E-state index in [-0.39, 0.29) is 0 Å². The summed E-state index contributed by atoms with van der Waals surface area (Å²) in [7, 11) is 3.95. The van der Waals surface area contributed by atoms with Crippen LogP contribution < -0.4 is 4.90 Å². The maximum Gasteiger partial charge on any atom is 0.132 e. The van der Waals surface area contributed by atoms with Crippen molar-refractivity contribution in [1.82, 2.24) is 9.97 Å². The molecule has 0 radical (unpaired) electrons. The highest BCUT2D eigenvalue weighted by atomic mass is 79.9. The molecule has 0 saturated heterocycles. The fourth-order valence-corrected chi connectivity index (χ4v) is 2.13. The Morgan fingerprint density at radius 1 is 1.12 bits per heavy atom. The van der Waals surface area contributed by atoms with E-state index >= 15 is 0 Å². The fourth-order valence-electron chi connectivity index (χ4n) is 1.65. The molecule has 1 aromatic carbocycles. The van der Waals surface area contributed by atoms with Gasteiger partial charge in [0, 0.05) is 30.2 Å². The zero-order chi connectivity index (χ0) is 12.4. The zero-order valence-electron chi connectivity index (χ0n) is 10.1. The standard InChI is InChI=1S/C13H14BrN3/c1-9-6-10(14)4-5-11(9)12-7-13(17(2)3)16-8-15-12/h4-8H,1-3H3. The molecule has 0 fully saturated rings. The van der Waals surface area contributed by atoms with Crippen LogP contribution >= 0.6 is 15.9 Å². The molecule has 0 aliphatic rings. The molecule has 0 spiro atoms. The summed E-state index contributed by atoms with van der Waals surface area (Å²) in [6, 6.07) is 8.18. The molecular formula is C13H14BrN3. The second kappa shape index (κ2) is 4.84. The van der Waals surface area contributed by atoms with Crippen molar-refractivity contribution >= 4 is 21.7 Å². The number of hydrogen-bond donors (Lipinski definition) is 0. The highest BCUT2D eigenvalue weighted by Crippen LogP contribution is 2.25. The predicted molar refractivity (Wildman–Crippen MR) is 74.2 cm³/mol. The van der Waals surface area contributed by atoms with Crippen LogP contribution in [-0.4, -0.2) is 24.1 Å². The second-order valence-electron chi connectivity index (χ2n) is 4.12. The van der Waals surface area contributed by atoms with E-state index in [1.165, 1.54) is 5.56 Å². The van der Waals surface area contributed by atoms with Gasteiger partial charge in [0.2, 0.25) is 0 Å². The van der Waals surface area contributed by atoms with Gasteiger partial charge in [0.05, 0.1) is 5.69 Å². The van der Waals surface area contributed by atoms with Gasteiger partial charge in [-0.1, -0.05) is 22.0 Å². The number of hydrogen-bond acceptors (Lipinski definition) is 3. The third kappa shape index (κ3) is 2.64. The smallest absolute Gasteiger partial charge is 0.132 e. The van der Waals surface area contributed by atoms with E-state index in [1.54, 1.807) is 6.33 Å². The average Bonchev–Trinajstić information content (AvgIpc) is 2.29. The van der Waals surface area contributed by atoms with Gasteiger partial charge in [-0.3, -0.25) is 0 Å². The van der Waals surface area contributed by atoms with Gasteiger partial charge in [-0.25, -0.2) is 9.97 Å². The molecule has 0 atom stereocenters. The number of rotatable bonds is 2. The van der Waals surface area contributed by atoms with Crippen molar-refractivity contribution in [3.05, 3.63) is 40.6 Å². The SMILES string of the molecule is Cc1cc(Br)ccc1-c1cc(N(C)C)ncn1. The Kier molecular flexibility index (Phi) is 3.43. The van der Waals surface area contributed by atoms with E-state index in [9.17, 15) is 0 Å². The van der Waals surface area contributed by atoms with Crippen molar-refractivity contribution in [2.75, 3.05) is 19.0 Å². The number of benzene rings is 1. The van der Waals surface area contributed by atoms with E-state index in [1.807, 2.05) is 31.1 Å². The van der Waals surface area contributed by atoms with Gasteiger partial charge in [0.15, 0.2) is 0 Å². The summed E-state index contributed by atoms with van der Waals surface area (Å²) < 4.78 is 1.08. The van der Waals surface area contributed by atoms with Crippen molar-refractivity contribution in [1.29, 1.82) is 0 Å². The maximum atomic E-state index is 4.33. The van der Waals surface area contributed by atoms with Crippen LogP contribution in [0.3, 0.4) is 0 Å². The van der Waals surface area contributed by atoms with Crippen LogP contribution in [-0.2, 0) is 0 Å². The second-order valence-corrected chi connectivity index (χ2v) is 5.03. The average molecular weight is 292 g/mol. The number of anilines is 1. The molecule has 1 heterocycles. The lowest BCUT2D eigenvalue weighted by Crippen LogP contribution is -2.10. The first-order valence-electron chi connectivity index (χ1n) is 5.34. The molecule has 0 unspecified atom stereocenters. The van der Waals surface area contributed by atoms with Crippen LogP contribution in [0, 0.1) is 6.92 Å². The molecule has 0 amide bonds. The van der Waals surface area contributed by atoms with Gasteiger partial charge in [0.25, 0.3) is 0 Å². The molecule has 3 nitrogen and oxygen atoms in total. The Labute approximate surface area is 110 Å². The van der Waals surface area contributed by atoms with E-state index < -0.39 is 0 Å². The molecule has 1 aromatic heterocycles. The van der Waals surface area contributed by atoms with Crippen molar-refractivity contribution in [3.8, 4) is 11.3 Å². The summed E-state index contributed by atoms with van der Waals surface area (Å²) >= 11 is 3.47.